The number of nitrogen functional groups attached to an aromatic ring is 1. The molecule has 0 aromatic carbocycles. The molecule has 2 aliphatic rings. The normalized spacial score (nSPS) is 16.7. The fourth-order valence-electron chi connectivity index (χ4n) is 3.78. The predicted octanol–water partition coefficient (Wildman–Crippen LogP) is 1.95. The number of hydrogen-bond acceptors (Lipinski definition) is 8. The van der Waals surface area contributed by atoms with Gasteiger partial charge in [-0.05, 0) is 25.2 Å². The molecule has 0 saturated carbocycles. The molecule has 0 unspecified atom stereocenters. The molecule has 3 aromatic heterocycles. The number of aliphatic imine (C=N–C) groups is 1. The first kappa shape index (κ1) is 18.4. The average Bonchev–Trinajstić information content (AvgIpc) is 3.16. The average molecular weight is 402 g/mol. The number of hydrogen-bond donors (Lipinski definition) is 1. The van der Waals surface area contributed by atoms with E-state index in [1.165, 1.54) is 0 Å². The van der Waals surface area contributed by atoms with Crippen LogP contribution < -0.4 is 10.6 Å². The molecule has 5 rings (SSSR count). The molecule has 3 aromatic rings. The number of pyridine rings is 2. The molecule has 0 bridgehead atoms. The maximum Gasteiger partial charge on any atom is 0.180 e. The van der Waals surface area contributed by atoms with Gasteiger partial charge in [0.15, 0.2) is 17.4 Å². The molecule has 152 valence electrons. The van der Waals surface area contributed by atoms with E-state index in [9.17, 15) is 4.79 Å². The van der Waals surface area contributed by atoms with Crippen LogP contribution in [0.1, 0.15) is 16.8 Å². The van der Waals surface area contributed by atoms with Gasteiger partial charge in [0.1, 0.15) is 11.5 Å². The standard InChI is InChI=1S/C21H22N8O/c1-27-8-10-28(11-9-27)18-3-2-14(12-25-18)16-13-29(26-20(16)22)21-19-15(4-6-24-21)17(30)5-7-23-19/h2-4,6-7,12-13H,5,8-11H2,1H3,(H2,22,26). The summed E-state index contributed by atoms with van der Waals surface area (Å²) in [6.45, 7) is 3.99. The lowest BCUT2D eigenvalue weighted by Gasteiger charge is -2.33. The van der Waals surface area contributed by atoms with Crippen LogP contribution in [0.3, 0.4) is 0 Å². The summed E-state index contributed by atoms with van der Waals surface area (Å²) in [5.41, 5.74) is 8.91. The zero-order valence-corrected chi connectivity index (χ0v) is 16.7. The van der Waals surface area contributed by atoms with E-state index in [-0.39, 0.29) is 5.78 Å². The van der Waals surface area contributed by atoms with Crippen molar-refractivity contribution in [2.24, 2.45) is 4.99 Å². The summed E-state index contributed by atoms with van der Waals surface area (Å²) >= 11 is 0. The van der Waals surface area contributed by atoms with Crippen LogP contribution >= 0.6 is 0 Å². The van der Waals surface area contributed by atoms with Gasteiger partial charge in [-0.25, -0.2) is 14.6 Å². The molecule has 5 heterocycles. The molecule has 9 nitrogen and oxygen atoms in total. The van der Waals surface area contributed by atoms with E-state index in [4.69, 9.17) is 5.73 Å². The van der Waals surface area contributed by atoms with Crippen molar-refractivity contribution in [2.75, 3.05) is 43.9 Å². The third-order valence-electron chi connectivity index (χ3n) is 5.55. The molecule has 0 radical (unpaired) electrons. The zero-order valence-electron chi connectivity index (χ0n) is 16.7. The third kappa shape index (κ3) is 3.22. The number of nitrogens with two attached hydrogens (primary N) is 1. The molecule has 0 atom stereocenters. The Hall–Kier alpha value is -3.59. The zero-order chi connectivity index (χ0) is 20.7. The Morgan fingerprint density at radius 1 is 1.03 bits per heavy atom. The molecular weight excluding hydrogens is 380 g/mol. The van der Waals surface area contributed by atoms with Crippen molar-refractivity contribution in [1.82, 2.24) is 24.6 Å². The number of carbonyl (C=O) groups is 1. The van der Waals surface area contributed by atoms with Crippen LogP contribution in [-0.2, 0) is 0 Å². The molecular formula is C21H22N8O. The second-order valence-corrected chi connectivity index (χ2v) is 7.54. The summed E-state index contributed by atoms with van der Waals surface area (Å²) in [6.07, 6.45) is 7.12. The van der Waals surface area contributed by atoms with Crippen LogP contribution in [0.5, 0.6) is 0 Å². The first-order valence-electron chi connectivity index (χ1n) is 9.90. The maximum atomic E-state index is 12.2. The fourth-order valence-corrected chi connectivity index (χ4v) is 3.78. The van der Waals surface area contributed by atoms with Crippen molar-refractivity contribution in [3.05, 3.63) is 42.4 Å². The Morgan fingerprint density at radius 3 is 2.63 bits per heavy atom. The minimum atomic E-state index is 0.0210. The van der Waals surface area contributed by atoms with Gasteiger partial charge in [-0.1, -0.05) is 0 Å². The topological polar surface area (TPSA) is 106 Å². The van der Waals surface area contributed by atoms with Crippen LogP contribution in [0.25, 0.3) is 16.9 Å². The second kappa shape index (κ2) is 7.34. The number of ketones is 1. The van der Waals surface area contributed by atoms with Crippen molar-refractivity contribution in [3.63, 3.8) is 0 Å². The molecule has 0 aliphatic carbocycles. The Balaban J connectivity index is 1.45. The Kier molecular flexibility index (Phi) is 4.51. The number of rotatable bonds is 3. The van der Waals surface area contributed by atoms with Crippen molar-refractivity contribution in [1.29, 1.82) is 0 Å². The fraction of sp³-hybridized carbons (Fsp3) is 0.286. The summed E-state index contributed by atoms with van der Waals surface area (Å²) < 4.78 is 1.58. The second-order valence-electron chi connectivity index (χ2n) is 7.54. The monoisotopic (exact) mass is 402 g/mol. The van der Waals surface area contributed by atoms with Crippen molar-refractivity contribution in [2.45, 2.75) is 6.42 Å². The summed E-state index contributed by atoms with van der Waals surface area (Å²) in [5.74, 6) is 1.84. The minimum Gasteiger partial charge on any atom is -0.382 e. The highest BCUT2D eigenvalue weighted by atomic mass is 16.1. The smallest absolute Gasteiger partial charge is 0.180 e. The summed E-state index contributed by atoms with van der Waals surface area (Å²) in [7, 11) is 2.13. The van der Waals surface area contributed by atoms with Gasteiger partial charge in [-0.15, -0.1) is 5.10 Å². The molecule has 0 spiro atoms. The SMILES string of the molecule is CN1CCN(c2ccc(-c3cn(-c4nccc5c4N=CCC5=O)nc3N)cn2)CC1. The van der Waals surface area contributed by atoms with Gasteiger partial charge < -0.3 is 15.5 Å². The summed E-state index contributed by atoms with van der Waals surface area (Å²) in [4.78, 5) is 30.1. The molecule has 30 heavy (non-hydrogen) atoms. The van der Waals surface area contributed by atoms with Crippen molar-refractivity contribution in [3.8, 4) is 16.9 Å². The molecule has 2 aliphatic heterocycles. The Bertz CT molecular complexity index is 1130. The van der Waals surface area contributed by atoms with Gasteiger partial charge in [0.2, 0.25) is 0 Å². The number of likely N-dealkylation sites (N-methyl/N-ethyl adjacent to an activating group) is 1. The lowest BCUT2D eigenvalue weighted by Crippen LogP contribution is -2.44. The highest BCUT2D eigenvalue weighted by molar-refractivity contribution is 6.10. The van der Waals surface area contributed by atoms with E-state index in [1.54, 1.807) is 29.4 Å². The van der Waals surface area contributed by atoms with Gasteiger partial charge in [0, 0.05) is 74.1 Å². The molecule has 1 saturated heterocycles. The number of piperazine rings is 1. The largest absolute Gasteiger partial charge is 0.382 e. The van der Waals surface area contributed by atoms with Gasteiger partial charge >= 0.3 is 0 Å². The Morgan fingerprint density at radius 2 is 1.87 bits per heavy atom. The molecule has 0 amide bonds. The van der Waals surface area contributed by atoms with Crippen LogP contribution in [0.4, 0.5) is 17.3 Å². The summed E-state index contributed by atoms with van der Waals surface area (Å²) in [5, 5.41) is 4.41. The van der Waals surface area contributed by atoms with E-state index in [0.29, 0.717) is 29.3 Å². The number of anilines is 2. The van der Waals surface area contributed by atoms with E-state index in [1.807, 2.05) is 18.3 Å². The number of nitrogens with zero attached hydrogens (tertiary/aromatic N) is 7. The Labute approximate surface area is 173 Å². The van der Waals surface area contributed by atoms with Crippen LogP contribution in [0.15, 0.2) is 41.8 Å². The van der Waals surface area contributed by atoms with Crippen molar-refractivity contribution < 1.29 is 4.79 Å². The molecule has 9 heteroatoms. The van der Waals surface area contributed by atoms with E-state index in [2.05, 4.69) is 36.9 Å². The highest BCUT2D eigenvalue weighted by Crippen LogP contribution is 2.32. The quantitative estimate of drug-likeness (QED) is 0.714. The first-order valence-corrected chi connectivity index (χ1v) is 9.90. The van der Waals surface area contributed by atoms with E-state index >= 15 is 0 Å². The number of aromatic nitrogens is 4. The van der Waals surface area contributed by atoms with Crippen molar-refractivity contribution >= 4 is 29.3 Å². The van der Waals surface area contributed by atoms with Crippen LogP contribution in [-0.4, -0.2) is 69.9 Å². The van der Waals surface area contributed by atoms with Crippen LogP contribution in [0, 0.1) is 0 Å². The number of fused-ring (bicyclic) bond motifs is 1. The third-order valence-corrected chi connectivity index (χ3v) is 5.55. The van der Waals surface area contributed by atoms with Gasteiger partial charge in [-0.2, -0.15) is 0 Å². The minimum absolute atomic E-state index is 0.0210. The van der Waals surface area contributed by atoms with E-state index in [0.717, 1.165) is 43.1 Å². The van der Waals surface area contributed by atoms with Gasteiger partial charge in [0.05, 0.1) is 0 Å². The lowest BCUT2D eigenvalue weighted by atomic mass is 10.1. The number of carbonyl (C=O) groups excluding carboxylic acids is 1. The van der Waals surface area contributed by atoms with Gasteiger partial charge in [-0.3, -0.25) is 9.79 Å². The van der Waals surface area contributed by atoms with E-state index < -0.39 is 0 Å². The lowest BCUT2D eigenvalue weighted by molar-refractivity contribution is 0.100. The maximum absolute atomic E-state index is 12.2. The van der Waals surface area contributed by atoms with Crippen LogP contribution in [0.2, 0.25) is 0 Å². The van der Waals surface area contributed by atoms with Gasteiger partial charge in [0.25, 0.3) is 0 Å². The summed E-state index contributed by atoms with van der Waals surface area (Å²) in [6, 6.07) is 5.71. The molecule has 2 N–H and O–H groups in total. The first-order chi connectivity index (χ1) is 14.6. The predicted molar refractivity (Wildman–Crippen MR) is 116 cm³/mol. The number of Topliss-reactive ketones (excluding diaryl/α,β-unsaturated/α-hetero) is 1. The highest BCUT2D eigenvalue weighted by Gasteiger charge is 2.21. The molecule has 1 fully saturated rings.